The maximum Gasteiger partial charge on any atom is 0.121 e. The molecule has 0 N–H and O–H groups in total. The average molecular weight is 160 g/mol. The summed E-state index contributed by atoms with van der Waals surface area (Å²) in [5.74, 6) is 1.00. The quantitative estimate of drug-likeness (QED) is 0.566. The largest absolute Gasteiger partial charge is 0.491 e. The molecule has 0 unspecified atom stereocenters. The summed E-state index contributed by atoms with van der Waals surface area (Å²) in [4.78, 5) is 0. The van der Waals surface area contributed by atoms with Crippen molar-refractivity contribution in [3.05, 3.63) is 41.2 Å². The summed E-state index contributed by atoms with van der Waals surface area (Å²) in [6.45, 7) is 4.07. The van der Waals surface area contributed by atoms with Gasteiger partial charge in [-0.25, -0.2) is 0 Å². The van der Waals surface area contributed by atoms with Gasteiger partial charge < -0.3 is 4.74 Å². The Morgan fingerprint density at radius 2 is 2.00 bits per heavy atom. The molecule has 1 aliphatic rings. The van der Waals surface area contributed by atoms with E-state index in [0.717, 1.165) is 5.76 Å². The number of allylic oxidation sites excluding steroid dienone is 1. The first-order valence-corrected chi connectivity index (χ1v) is 4.21. The van der Waals surface area contributed by atoms with E-state index in [-0.39, 0.29) is 6.10 Å². The lowest BCUT2D eigenvalue weighted by Gasteiger charge is -2.22. The number of benzene rings is 1. The Bertz CT molecular complexity index is 326. The van der Waals surface area contributed by atoms with Crippen LogP contribution in [0.25, 0.3) is 6.08 Å². The van der Waals surface area contributed by atoms with E-state index in [9.17, 15) is 0 Å². The Morgan fingerprint density at radius 3 is 2.83 bits per heavy atom. The molecule has 0 bridgehead atoms. The summed E-state index contributed by atoms with van der Waals surface area (Å²) < 4.78 is 5.57. The summed E-state index contributed by atoms with van der Waals surface area (Å²) >= 11 is 0. The first-order chi connectivity index (χ1) is 5.77. The van der Waals surface area contributed by atoms with Crippen LogP contribution in [0.2, 0.25) is 0 Å². The predicted molar refractivity (Wildman–Crippen MR) is 49.6 cm³/mol. The fourth-order valence-corrected chi connectivity index (χ4v) is 1.61. The van der Waals surface area contributed by atoms with Crippen LogP contribution >= 0.6 is 0 Å². The van der Waals surface area contributed by atoms with Gasteiger partial charge in [0.1, 0.15) is 6.10 Å². The highest BCUT2D eigenvalue weighted by atomic mass is 16.5. The summed E-state index contributed by atoms with van der Waals surface area (Å²) in [5.41, 5.74) is 2.57. The van der Waals surface area contributed by atoms with Gasteiger partial charge in [-0.1, -0.05) is 24.3 Å². The molecule has 1 aromatic carbocycles. The molecule has 0 spiro atoms. The van der Waals surface area contributed by atoms with E-state index in [1.165, 1.54) is 11.1 Å². The minimum absolute atomic E-state index is 0.200. The van der Waals surface area contributed by atoms with Crippen LogP contribution in [0.5, 0.6) is 0 Å². The van der Waals surface area contributed by atoms with Gasteiger partial charge in [0, 0.05) is 0 Å². The van der Waals surface area contributed by atoms with E-state index in [1.54, 1.807) is 0 Å². The van der Waals surface area contributed by atoms with Gasteiger partial charge in [-0.3, -0.25) is 0 Å². The van der Waals surface area contributed by atoms with Crippen LogP contribution < -0.4 is 0 Å². The lowest BCUT2D eigenvalue weighted by Crippen LogP contribution is -2.05. The monoisotopic (exact) mass is 160 g/mol. The van der Waals surface area contributed by atoms with Gasteiger partial charge in [0.2, 0.25) is 0 Å². The van der Waals surface area contributed by atoms with E-state index < -0.39 is 0 Å². The molecular weight excluding hydrogens is 148 g/mol. The van der Waals surface area contributed by atoms with E-state index in [0.29, 0.717) is 0 Å². The molecule has 1 heteroatoms. The second-order valence-corrected chi connectivity index (χ2v) is 3.14. The molecule has 0 fully saturated rings. The lowest BCUT2D eigenvalue weighted by atomic mass is 10.0. The standard InChI is InChI=1S/C11H12O/c1-8-7-10-5-3-4-6-11(10)9(2)12-8/h3-7,9H,1-2H3/t9-/m0/s1. The Balaban J connectivity index is 2.55. The topological polar surface area (TPSA) is 9.23 Å². The third kappa shape index (κ3) is 1.11. The Labute approximate surface area is 72.7 Å². The van der Waals surface area contributed by atoms with Crippen molar-refractivity contribution < 1.29 is 4.74 Å². The van der Waals surface area contributed by atoms with Crippen LogP contribution in [0.1, 0.15) is 31.1 Å². The number of rotatable bonds is 0. The van der Waals surface area contributed by atoms with Crippen LogP contribution in [0.3, 0.4) is 0 Å². The highest BCUT2D eigenvalue weighted by Gasteiger charge is 2.14. The van der Waals surface area contributed by atoms with Gasteiger partial charge >= 0.3 is 0 Å². The van der Waals surface area contributed by atoms with Gasteiger partial charge in [0.05, 0.1) is 5.76 Å². The molecular formula is C11H12O. The summed E-state index contributed by atoms with van der Waals surface area (Å²) in [5, 5.41) is 0. The van der Waals surface area contributed by atoms with Crippen molar-refractivity contribution >= 4 is 6.08 Å². The second-order valence-electron chi connectivity index (χ2n) is 3.14. The Kier molecular flexibility index (Phi) is 1.65. The number of ether oxygens (including phenoxy) is 1. The maximum absolute atomic E-state index is 5.57. The highest BCUT2D eigenvalue weighted by Crippen LogP contribution is 2.29. The van der Waals surface area contributed by atoms with Crippen molar-refractivity contribution in [2.45, 2.75) is 20.0 Å². The van der Waals surface area contributed by atoms with Gasteiger partial charge in [-0.15, -0.1) is 0 Å². The summed E-state index contributed by atoms with van der Waals surface area (Å²) in [6, 6.07) is 8.34. The fraction of sp³-hybridized carbons (Fsp3) is 0.273. The third-order valence-electron chi connectivity index (χ3n) is 2.16. The van der Waals surface area contributed by atoms with Crippen LogP contribution in [0.4, 0.5) is 0 Å². The van der Waals surface area contributed by atoms with Gasteiger partial charge in [0.25, 0.3) is 0 Å². The van der Waals surface area contributed by atoms with Crippen molar-refractivity contribution in [3.63, 3.8) is 0 Å². The minimum atomic E-state index is 0.200. The van der Waals surface area contributed by atoms with Crippen LogP contribution in [-0.2, 0) is 4.74 Å². The molecule has 0 aromatic heterocycles. The van der Waals surface area contributed by atoms with Crippen LogP contribution in [0, 0.1) is 0 Å². The highest BCUT2D eigenvalue weighted by molar-refractivity contribution is 5.57. The lowest BCUT2D eigenvalue weighted by molar-refractivity contribution is 0.133. The van der Waals surface area contributed by atoms with Crippen molar-refractivity contribution in [1.29, 1.82) is 0 Å². The number of hydrogen-bond donors (Lipinski definition) is 0. The molecule has 1 aromatic rings. The van der Waals surface area contributed by atoms with E-state index in [4.69, 9.17) is 4.74 Å². The molecule has 1 heterocycles. The molecule has 62 valence electrons. The summed E-state index contributed by atoms with van der Waals surface area (Å²) in [6.07, 6.45) is 2.28. The SMILES string of the molecule is CC1=Cc2ccccc2[C@H](C)O1. The molecule has 12 heavy (non-hydrogen) atoms. The molecule has 1 aliphatic heterocycles. The van der Waals surface area contributed by atoms with E-state index in [2.05, 4.69) is 31.2 Å². The zero-order valence-electron chi connectivity index (χ0n) is 7.37. The first kappa shape index (κ1) is 7.41. The van der Waals surface area contributed by atoms with Crippen molar-refractivity contribution in [3.8, 4) is 0 Å². The second kappa shape index (κ2) is 2.67. The normalized spacial score (nSPS) is 20.8. The molecule has 0 aliphatic carbocycles. The zero-order valence-corrected chi connectivity index (χ0v) is 7.37. The number of fused-ring (bicyclic) bond motifs is 1. The predicted octanol–water partition coefficient (Wildman–Crippen LogP) is 3.14. The Hall–Kier alpha value is -1.24. The molecule has 0 amide bonds. The third-order valence-corrected chi connectivity index (χ3v) is 2.16. The Morgan fingerprint density at radius 1 is 1.25 bits per heavy atom. The maximum atomic E-state index is 5.57. The van der Waals surface area contributed by atoms with Crippen molar-refractivity contribution in [1.82, 2.24) is 0 Å². The van der Waals surface area contributed by atoms with Crippen LogP contribution in [0.15, 0.2) is 30.0 Å². The number of hydrogen-bond acceptors (Lipinski definition) is 1. The molecule has 0 radical (unpaired) electrons. The van der Waals surface area contributed by atoms with E-state index in [1.807, 2.05) is 13.0 Å². The van der Waals surface area contributed by atoms with Gasteiger partial charge in [-0.2, -0.15) is 0 Å². The molecule has 1 nitrogen and oxygen atoms in total. The first-order valence-electron chi connectivity index (χ1n) is 4.21. The molecule has 1 atom stereocenters. The van der Waals surface area contributed by atoms with Gasteiger partial charge in [-0.05, 0) is 31.1 Å². The molecule has 0 saturated carbocycles. The minimum Gasteiger partial charge on any atom is -0.491 e. The zero-order chi connectivity index (χ0) is 8.55. The van der Waals surface area contributed by atoms with E-state index >= 15 is 0 Å². The molecule has 0 saturated heterocycles. The average Bonchev–Trinajstić information content (AvgIpc) is 2.04. The molecule has 2 rings (SSSR count). The fourth-order valence-electron chi connectivity index (χ4n) is 1.61. The van der Waals surface area contributed by atoms with Crippen molar-refractivity contribution in [2.24, 2.45) is 0 Å². The summed E-state index contributed by atoms with van der Waals surface area (Å²) in [7, 11) is 0. The van der Waals surface area contributed by atoms with Crippen LogP contribution in [-0.4, -0.2) is 0 Å². The smallest absolute Gasteiger partial charge is 0.121 e. The van der Waals surface area contributed by atoms with Gasteiger partial charge in [0.15, 0.2) is 0 Å². The van der Waals surface area contributed by atoms with Crippen molar-refractivity contribution in [2.75, 3.05) is 0 Å².